The Kier molecular flexibility index (Phi) is 6.86. The molecule has 0 radical (unpaired) electrons. The third-order valence-electron chi connectivity index (χ3n) is 4.48. The van der Waals surface area contributed by atoms with Crippen LogP contribution < -0.4 is 10.0 Å². The van der Waals surface area contributed by atoms with Crippen molar-refractivity contribution in [3.63, 3.8) is 0 Å². The Morgan fingerprint density at radius 2 is 1.73 bits per heavy atom. The molecule has 0 saturated carbocycles. The Bertz CT molecular complexity index is 1280. The summed E-state index contributed by atoms with van der Waals surface area (Å²) in [6.45, 7) is 1.65. The van der Waals surface area contributed by atoms with Crippen LogP contribution in [0.3, 0.4) is 0 Å². The van der Waals surface area contributed by atoms with E-state index in [0.717, 1.165) is 12.1 Å². The summed E-state index contributed by atoms with van der Waals surface area (Å²) in [5, 5.41) is 11.0. The SMILES string of the molecule is Cc1ccccc1-c1nc(NS(=O)(=O)c2cccc(NCCC(=O)O)n2)ccc1C(F)(F)F. The minimum atomic E-state index is -4.69. The molecule has 0 bridgehead atoms. The third-order valence-corrected chi connectivity index (χ3v) is 5.74. The van der Waals surface area contributed by atoms with Crippen molar-refractivity contribution in [2.75, 3.05) is 16.6 Å². The molecule has 0 amide bonds. The number of benzene rings is 1. The summed E-state index contributed by atoms with van der Waals surface area (Å²) in [4.78, 5) is 18.5. The first-order valence-electron chi connectivity index (χ1n) is 9.57. The van der Waals surface area contributed by atoms with E-state index in [2.05, 4.69) is 20.0 Å². The summed E-state index contributed by atoms with van der Waals surface area (Å²) in [6.07, 6.45) is -4.90. The van der Waals surface area contributed by atoms with Gasteiger partial charge < -0.3 is 10.4 Å². The molecular formula is C21H19F3N4O4S. The van der Waals surface area contributed by atoms with Crippen LogP contribution in [-0.2, 0) is 21.0 Å². The van der Waals surface area contributed by atoms with E-state index >= 15 is 0 Å². The van der Waals surface area contributed by atoms with E-state index in [1.807, 2.05) is 0 Å². The fourth-order valence-corrected chi connectivity index (χ4v) is 3.91. The van der Waals surface area contributed by atoms with Gasteiger partial charge in [0.2, 0.25) is 0 Å². The average Bonchev–Trinajstić information content (AvgIpc) is 2.73. The number of pyridine rings is 2. The summed E-state index contributed by atoms with van der Waals surface area (Å²) < 4.78 is 68.4. The highest BCUT2D eigenvalue weighted by Crippen LogP contribution is 2.38. The predicted molar refractivity (Wildman–Crippen MR) is 115 cm³/mol. The zero-order valence-corrected chi connectivity index (χ0v) is 18.0. The first-order valence-corrected chi connectivity index (χ1v) is 11.1. The lowest BCUT2D eigenvalue weighted by Gasteiger charge is -2.16. The number of hydrogen-bond donors (Lipinski definition) is 3. The Morgan fingerprint density at radius 3 is 2.39 bits per heavy atom. The lowest BCUT2D eigenvalue weighted by molar-refractivity contribution is -0.137. The standard InChI is InChI=1S/C21H19F3N4O4S/c1-13-5-2-3-6-14(13)20-15(21(22,23)24)9-10-17(27-20)28-33(31,32)18-8-4-7-16(26-18)25-12-11-19(29)30/h2-10H,11-12H2,1H3,(H,25,26)(H,27,28)(H,29,30). The van der Waals surface area contributed by atoms with E-state index in [1.165, 1.54) is 24.3 Å². The second kappa shape index (κ2) is 9.45. The second-order valence-electron chi connectivity index (χ2n) is 6.94. The monoisotopic (exact) mass is 480 g/mol. The normalized spacial score (nSPS) is 11.8. The lowest BCUT2D eigenvalue weighted by atomic mass is 10.0. The van der Waals surface area contributed by atoms with E-state index < -0.39 is 38.5 Å². The Hall–Kier alpha value is -3.67. The maximum absolute atomic E-state index is 13.6. The van der Waals surface area contributed by atoms with Gasteiger partial charge in [0.05, 0.1) is 17.7 Å². The number of aromatic nitrogens is 2. The summed E-state index contributed by atoms with van der Waals surface area (Å²) in [5.41, 5.74) is -0.647. The predicted octanol–water partition coefficient (Wildman–Crippen LogP) is 4.16. The number of aryl methyl sites for hydroxylation is 1. The Morgan fingerprint density at radius 1 is 1.00 bits per heavy atom. The molecule has 3 N–H and O–H groups in total. The molecule has 0 aliphatic heterocycles. The van der Waals surface area contributed by atoms with Gasteiger partial charge in [0.15, 0.2) is 5.03 Å². The molecule has 2 heterocycles. The lowest BCUT2D eigenvalue weighted by Crippen LogP contribution is -2.17. The fraction of sp³-hybridized carbons (Fsp3) is 0.190. The van der Waals surface area contributed by atoms with Crippen molar-refractivity contribution < 1.29 is 31.5 Å². The molecule has 2 aromatic heterocycles. The van der Waals surface area contributed by atoms with Gasteiger partial charge in [-0.1, -0.05) is 30.3 Å². The molecule has 33 heavy (non-hydrogen) atoms. The fourth-order valence-electron chi connectivity index (χ4n) is 2.94. The summed E-state index contributed by atoms with van der Waals surface area (Å²) in [6, 6.07) is 12.1. The van der Waals surface area contributed by atoms with Crippen LogP contribution >= 0.6 is 0 Å². The van der Waals surface area contributed by atoms with Crippen molar-refractivity contribution >= 4 is 27.6 Å². The summed E-state index contributed by atoms with van der Waals surface area (Å²) >= 11 is 0. The van der Waals surface area contributed by atoms with Crippen molar-refractivity contribution in [2.24, 2.45) is 0 Å². The quantitative estimate of drug-likeness (QED) is 0.443. The number of anilines is 2. The minimum Gasteiger partial charge on any atom is -0.481 e. The molecule has 0 aliphatic rings. The van der Waals surface area contributed by atoms with Gasteiger partial charge in [-0.25, -0.2) is 9.97 Å². The number of nitrogens with zero attached hydrogens (tertiary/aromatic N) is 2. The van der Waals surface area contributed by atoms with Crippen molar-refractivity contribution in [2.45, 2.75) is 24.5 Å². The van der Waals surface area contributed by atoms with Gasteiger partial charge in [0.25, 0.3) is 10.0 Å². The maximum atomic E-state index is 13.6. The van der Waals surface area contributed by atoms with Crippen LogP contribution in [0.2, 0.25) is 0 Å². The van der Waals surface area contributed by atoms with Crippen LogP contribution in [-0.4, -0.2) is 36.0 Å². The van der Waals surface area contributed by atoms with E-state index in [4.69, 9.17) is 5.11 Å². The molecule has 0 aliphatic carbocycles. The molecule has 1 aromatic carbocycles. The molecule has 3 aromatic rings. The molecule has 12 heteroatoms. The number of carbonyl (C=O) groups is 1. The van der Waals surface area contributed by atoms with Crippen molar-refractivity contribution in [1.29, 1.82) is 0 Å². The molecule has 0 spiro atoms. The van der Waals surface area contributed by atoms with E-state index in [1.54, 1.807) is 25.1 Å². The number of sulfonamides is 1. The van der Waals surface area contributed by atoms with Gasteiger partial charge in [0, 0.05) is 12.1 Å². The van der Waals surface area contributed by atoms with Crippen molar-refractivity contribution in [3.8, 4) is 11.3 Å². The van der Waals surface area contributed by atoms with Crippen LogP contribution in [0.4, 0.5) is 24.8 Å². The number of hydrogen-bond acceptors (Lipinski definition) is 6. The second-order valence-corrected chi connectivity index (χ2v) is 8.57. The molecule has 8 nitrogen and oxygen atoms in total. The molecule has 0 saturated heterocycles. The summed E-state index contributed by atoms with van der Waals surface area (Å²) in [5.74, 6) is -1.22. The van der Waals surface area contributed by atoms with Crippen LogP contribution in [0.1, 0.15) is 17.5 Å². The highest BCUT2D eigenvalue weighted by atomic mass is 32.2. The molecule has 0 atom stereocenters. The van der Waals surface area contributed by atoms with Gasteiger partial charge in [-0.05, 0) is 36.8 Å². The zero-order valence-electron chi connectivity index (χ0n) is 17.2. The number of nitrogens with one attached hydrogen (secondary N) is 2. The van der Waals surface area contributed by atoms with E-state index in [-0.39, 0.29) is 30.2 Å². The molecule has 3 rings (SSSR count). The number of aliphatic carboxylic acids is 1. The van der Waals surface area contributed by atoms with Gasteiger partial charge in [-0.3, -0.25) is 9.52 Å². The molecule has 0 fully saturated rings. The van der Waals surface area contributed by atoms with Gasteiger partial charge >= 0.3 is 12.1 Å². The Labute approximate surface area is 187 Å². The Balaban J connectivity index is 1.94. The number of carboxylic acids is 1. The van der Waals surface area contributed by atoms with Crippen molar-refractivity contribution in [1.82, 2.24) is 9.97 Å². The first kappa shape index (κ1) is 24.0. The van der Waals surface area contributed by atoms with Crippen molar-refractivity contribution in [3.05, 3.63) is 65.7 Å². The topological polar surface area (TPSA) is 121 Å². The van der Waals surface area contributed by atoms with Crippen LogP contribution in [0, 0.1) is 6.92 Å². The molecule has 0 unspecified atom stereocenters. The number of rotatable bonds is 8. The van der Waals surface area contributed by atoms with E-state index in [0.29, 0.717) is 5.56 Å². The number of alkyl halides is 3. The van der Waals surface area contributed by atoms with Gasteiger partial charge in [0.1, 0.15) is 11.6 Å². The van der Waals surface area contributed by atoms with Gasteiger partial charge in [-0.2, -0.15) is 21.6 Å². The maximum Gasteiger partial charge on any atom is 0.418 e. The van der Waals surface area contributed by atoms with Crippen LogP contribution in [0.5, 0.6) is 0 Å². The van der Waals surface area contributed by atoms with Gasteiger partial charge in [-0.15, -0.1) is 0 Å². The zero-order chi connectivity index (χ0) is 24.2. The third kappa shape index (κ3) is 5.98. The molecular weight excluding hydrogens is 461 g/mol. The van der Waals surface area contributed by atoms with E-state index in [9.17, 15) is 26.4 Å². The smallest absolute Gasteiger partial charge is 0.418 e. The first-order chi connectivity index (χ1) is 15.5. The highest BCUT2D eigenvalue weighted by molar-refractivity contribution is 7.92. The largest absolute Gasteiger partial charge is 0.481 e. The average molecular weight is 480 g/mol. The number of carboxylic acid groups (broad SMARTS) is 1. The minimum absolute atomic E-state index is 0.0273. The van der Waals surface area contributed by atoms with Crippen LogP contribution in [0.25, 0.3) is 11.3 Å². The summed E-state index contributed by atoms with van der Waals surface area (Å²) in [7, 11) is -4.30. The van der Waals surface area contributed by atoms with Crippen LogP contribution in [0.15, 0.2) is 59.6 Å². The number of halogens is 3. The molecule has 174 valence electrons. The highest BCUT2D eigenvalue weighted by Gasteiger charge is 2.35.